The molecule has 2 rings (SSSR count). The van der Waals surface area contributed by atoms with E-state index in [0.29, 0.717) is 6.54 Å². The summed E-state index contributed by atoms with van der Waals surface area (Å²) in [6, 6.07) is 8.55. The van der Waals surface area contributed by atoms with Crippen LogP contribution in [0.25, 0.3) is 0 Å². The first-order valence-corrected chi connectivity index (χ1v) is 6.16. The van der Waals surface area contributed by atoms with Crippen molar-refractivity contribution in [1.82, 2.24) is 4.90 Å². The fraction of sp³-hybridized carbons (Fsp3) is 0.500. The Labute approximate surface area is 102 Å². The highest BCUT2D eigenvalue weighted by molar-refractivity contribution is 5.70. The van der Waals surface area contributed by atoms with Gasteiger partial charge in [0.15, 0.2) is 0 Å². The number of aryl methyl sites for hydroxylation is 1. The van der Waals surface area contributed by atoms with Gasteiger partial charge in [0, 0.05) is 13.1 Å². The molecule has 1 fully saturated rings. The Morgan fingerprint density at radius 3 is 2.71 bits per heavy atom. The number of carboxylic acids is 1. The normalized spacial score (nSPS) is 20.6. The van der Waals surface area contributed by atoms with Gasteiger partial charge in [-0.3, -0.25) is 4.79 Å². The molecule has 3 nitrogen and oxygen atoms in total. The Morgan fingerprint density at radius 2 is 2.12 bits per heavy atom. The summed E-state index contributed by atoms with van der Waals surface area (Å²) in [4.78, 5) is 13.1. The van der Waals surface area contributed by atoms with Crippen LogP contribution in [0, 0.1) is 12.8 Å². The van der Waals surface area contributed by atoms with E-state index in [1.165, 1.54) is 11.1 Å². The van der Waals surface area contributed by atoms with E-state index in [1.54, 1.807) is 0 Å². The Balaban J connectivity index is 1.80. The zero-order valence-electron chi connectivity index (χ0n) is 10.2. The molecule has 0 spiro atoms. The number of carbonyl (C=O) groups is 1. The molecule has 1 aliphatic heterocycles. The third kappa shape index (κ3) is 3.30. The highest BCUT2D eigenvalue weighted by atomic mass is 16.4. The van der Waals surface area contributed by atoms with Crippen LogP contribution in [0.5, 0.6) is 0 Å². The molecule has 17 heavy (non-hydrogen) atoms. The van der Waals surface area contributed by atoms with Crippen LogP contribution in [-0.2, 0) is 11.2 Å². The molecule has 1 atom stereocenters. The molecule has 92 valence electrons. The molecule has 1 heterocycles. The second kappa shape index (κ2) is 5.32. The lowest BCUT2D eigenvalue weighted by Crippen LogP contribution is -2.25. The van der Waals surface area contributed by atoms with Gasteiger partial charge in [-0.15, -0.1) is 0 Å². The first kappa shape index (κ1) is 12.1. The van der Waals surface area contributed by atoms with Crippen molar-refractivity contribution in [2.45, 2.75) is 19.8 Å². The average molecular weight is 233 g/mol. The van der Waals surface area contributed by atoms with E-state index in [2.05, 4.69) is 36.1 Å². The molecule has 0 aromatic heterocycles. The number of aliphatic carboxylic acids is 1. The maximum Gasteiger partial charge on any atom is 0.307 e. The average Bonchev–Trinajstić information content (AvgIpc) is 2.77. The molecular weight excluding hydrogens is 214 g/mol. The van der Waals surface area contributed by atoms with Gasteiger partial charge in [-0.1, -0.05) is 29.8 Å². The van der Waals surface area contributed by atoms with Crippen molar-refractivity contribution in [2.24, 2.45) is 5.92 Å². The summed E-state index contributed by atoms with van der Waals surface area (Å²) < 4.78 is 0. The standard InChI is InChI=1S/C14H19NO2/c1-11-2-4-12(5-3-11)6-8-15-9-7-13(10-15)14(16)17/h2-5,13H,6-10H2,1H3,(H,16,17). The molecule has 1 aliphatic rings. The number of carboxylic acid groups (broad SMARTS) is 1. The van der Waals surface area contributed by atoms with E-state index >= 15 is 0 Å². The summed E-state index contributed by atoms with van der Waals surface area (Å²) in [5.74, 6) is -0.809. The Morgan fingerprint density at radius 1 is 1.41 bits per heavy atom. The van der Waals surface area contributed by atoms with Crippen LogP contribution in [0.2, 0.25) is 0 Å². The summed E-state index contributed by atoms with van der Waals surface area (Å²) >= 11 is 0. The van der Waals surface area contributed by atoms with Crippen molar-refractivity contribution in [1.29, 1.82) is 0 Å². The smallest absolute Gasteiger partial charge is 0.307 e. The number of hydrogen-bond acceptors (Lipinski definition) is 2. The van der Waals surface area contributed by atoms with Crippen LogP contribution in [0.3, 0.4) is 0 Å². The maximum atomic E-state index is 10.8. The van der Waals surface area contributed by atoms with Crippen LogP contribution < -0.4 is 0 Å². The van der Waals surface area contributed by atoms with Gasteiger partial charge in [0.05, 0.1) is 5.92 Å². The fourth-order valence-corrected chi connectivity index (χ4v) is 2.28. The summed E-state index contributed by atoms with van der Waals surface area (Å²) in [6.45, 7) is 4.68. The summed E-state index contributed by atoms with van der Waals surface area (Å²) in [7, 11) is 0. The predicted molar refractivity (Wildman–Crippen MR) is 67.1 cm³/mol. The van der Waals surface area contributed by atoms with Crippen LogP contribution in [0.1, 0.15) is 17.5 Å². The first-order chi connectivity index (χ1) is 8.15. The molecule has 0 amide bonds. The minimum absolute atomic E-state index is 0.159. The van der Waals surface area contributed by atoms with Gasteiger partial charge in [-0.2, -0.15) is 0 Å². The second-order valence-corrected chi connectivity index (χ2v) is 4.86. The highest BCUT2D eigenvalue weighted by Gasteiger charge is 2.27. The lowest BCUT2D eigenvalue weighted by molar-refractivity contribution is -0.141. The van der Waals surface area contributed by atoms with E-state index in [9.17, 15) is 4.79 Å². The number of hydrogen-bond donors (Lipinski definition) is 1. The number of likely N-dealkylation sites (tertiary alicyclic amines) is 1. The van der Waals surface area contributed by atoms with Gasteiger partial charge >= 0.3 is 5.97 Å². The van der Waals surface area contributed by atoms with Gasteiger partial charge in [-0.05, 0) is 31.9 Å². The molecule has 1 aromatic carbocycles. The van der Waals surface area contributed by atoms with Crippen molar-refractivity contribution < 1.29 is 9.90 Å². The molecule has 0 radical (unpaired) electrons. The summed E-state index contributed by atoms with van der Waals surface area (Å²) in [5, 5.41) is 8.92. The van der Waals surface area contributed by atoms with Crippen LogP contribution in [-0.4, -0.2) is 35.6 Å². The third-order valence-electron chi connectivity index (χ3n) is 3.46. The van der Waals surface area contributed by atoms with Gasteiger partial charge in [0.25, 0.3) is 0 Å². The summed E-state index contributed by atoms with van der Waals surface area (Å²) in [6.07, 6.45) is 1.80. The van der Waals surface area contributed by atoms with E-state index in [1.807, 2.05) is 0 Å². The van der Waals surface area contributed by atoms with Gasteiger partial charge in [0.2, 0.25) is 0 Å². The monoisotopic (exact) mass is 233 g/mol. The van der Waals surface area contributed by atoms with Crippen molar-refractivity contribution in [2.75, 3.05) is 19.6 Å². The Kier molecular flexibility index (Phi) is 3.79. The zero-order valence-corrected chi connectivity index (χ0v) is 10.2. The fourth-order valence-electron chi connectivity index (χ4n) is 2.28. The van der Waals surface area contributed by atoms with Gasteiger partial charge in [0.1, 0.15) is 0 Å². The van der Waals surface area contributed by atoms with Crippen molar-refractivity contribution >= 4 is 5.97 Å². The minimum Gasteiger partial charge on any atom is -0.481 e. The van der Waals surface area contributed by atoms with E-state index < -0.39 is 5.97 Å². The third-order valence-corrected chi connectivity index (χ3v) is 3.46. The van der Waals surface area contributed by atoms with Crippen molar-refractivity contribution in [3.05, 3.63) is 35.4 Å². The van der Waals surface area contributed by atoms with E-state index in [0.717, 1.165) is 25.9 Å². The van der Waals surface area contributed by atoms with Crippen LogP contribution >= 0.6 is 0 Å². The molecule has 3 heteroatoms. The molecule has 1 aromatic rings. The Bertz CT molecular complexity index is 386. The minimum atomic E-state index is -0.650. The predicted octanol–water partition coefficient (Wildman–Crippen LogP) is 1.94. The molecule has 1 saturated heterocycles. The lowest BCUT2D eigenvalue weighted by atomic mass is 10.1. The molecular formula is C14H19NO2. The molecule has 0 saturated carbocycles. The topological polar surface area (TPSA) is 40.5 Å². The second-order valence-electron chi connectivity index (χ2n) is 4.86. The largest absolute Gasteiger partial charge is 0.481 e. The summed E-state index contributed by atoms with van der Waals surface area (Å²) in [5.41, 5.74) is 2.61. The lowest BCUT2D eigenvalue weighted by Gasteiger charge is -2.14. The van der Waals surface area contributed by atoms with Gasteiger partial charge in [-0.25, -0.2) is 0 Å². The van der Waals surface area contributed by atoms with Crippen molar-refractivity contribution in [3.8, 4) is 0 Å². The van der Waals surface area contributed by atoms with Crippen LogP contribution in [0.4, 0.5) is 0 Å². The van der Waals surface area contributed by atoms with Crippen molar-refractivity contribution in [3.63, 3.8) is 0 Å². The SMILES string of the molecule is Cc1ccc(CCN2CCC(C(=O)O)C2)cc1. The van der Waals surface area contributed by atoms with Crippen LogP contribution in [0.15, 0.2) is 24.3 Å². The highest BCUT2D eigenvalue weighted by Crippen LogP contribution is 2.16. The first-order valence-electron chi connectivity index (χ1n) is 6.16. The number of benzene rings is 1. The number of rotatable bonds is 4. The molecule has 0 aliphatic carbocycles. The Hall–Kier alpha value is -1.35. The maximum absolute atomic E-state index is 10.8. The quantitative estimate of drug-likeness (QED) is 0.864. The van der Waals surface area contributed by atoms with Gasteiger partial charge < -0.3 is 10.0 Å². The molecule has 1 unspecified atom stereocenters. The molecule has 1 N–H and O–H groups in total. The van der Waals surface area contributed by atoms with E-state index in [-0.39, 0.29) is 5.92 Å². The zero-order chi connectivity index (χ0) is 12.3. The number of nitrogens with zero attached hydrogens (tertiary/aromatic N) is 1. The van der Waals surface area contributed by atoms with E-state index in [4.69, 9.17) is 5.11 Å². The molecule has 0 bridgehead atoms.